The minimum absolute atomic E-state index is 0.140. The third kappa shape index (κ3) is 4.77. The number of hydrogen-bond acceptors (Lipinski definition) is 5. The zero-order valence-electron chi connectivity index (χ0n) is 12.3. The zero-order valence-corrected chi connectivity index (χ0v) is 12.3. The quantitative estimate of drug-likeness (QED) is 0.909. The van der Waals surface area contributed by atoms with Crippen molar-refractivity contribution in [3.8, 4) is 0 Å². The Bertz CT molecular complexity index is 444. The van der Waals surface area contributed by atoms with Gasteiger partial charge in [0.2, 0.25) is 0 Å². The smallest absolute Gasteiger partial charge is 0.407 e. The molecule has 0 bridgehead atoms. The molecule has 0 aromatic carbocycles. The second-order valence-corrected chi connectivity index (χ2v) is 6.06. The van der Waals surface area contributed by atoms with Gasteiger partial charge in [0.25, 0.3) is 0 Å². The van der Waals surface area contributed by atoms with Gasteiger partial charge in [0.05, 0.1) is 5.69 Å². The zero-order chi connectivity index (χ0) is 14.6. The van der Waals surface area contributed by atoms with Crippen LogP contribution in [-0.2, 0) is 11.3 Å². The van der Waals surface area contributed by atoms with Crippen molar-refractivity contribution in [3.05, 3.63) is 24.3 Å². The Kier molecular flexibility index (Phi) is 4.54. The summed E-state index contributed by atoms with van der Waals surface area (Å²) in [6.45, 7) is 8.11. The maximum Gasteiger partial charge on any atom is 0.407 e. The van der Waals surface area contributed by atoms with Crippen LogP contribution in [-0.4, -0.2) is 45.7 Å². The van der Waals surface area contributed by atoms with Gasteiger partial charge in [-0.1, -0.05) is 0 Å². The van der Waals surface area contributed by atoms with Crippen LogP contribution in [0.5, 0.6) is 0 Å². The van der Waals surface area contributed by atoms with Crippen molar-refractivity contribution >= 4 is 6.09 Å². The molecule has 2 rings (SSSR count). The third-order valence-electron chi connectivity index (χ3n) is 3.00. The molecule has 6 heteroatoms. The first kappa shape index (κ1) is 14.7. The maximum absolute atomic E-state index is 11.7. The van der Waals surface area contributed by atoms with E-state index in [0.717, 1.165) is 31.7 Å². The van der Waals surface area contributed by atoms with Crippen molar-refractivity contribution in [2.45, 2.75) is 45.4 Å². The lowest BCUT2D eigenvalue weighted by Gasteiger charge is -2.22. The Balaban J connectivity index is 1.77. The van der Waals surface area contributed by atoms with E-state index in [9.17, 15) is 4.79 Å². The molecule has 1 saturated heterocycles. The van der Waals surface area contributed by atoms with Gasteiger partial charge in [0.1, 0.15) is 5.60 Å². The fraction of sp³-hybridized carbons (Fsp3) is 0.643. The highest BCUT2D eigenvalue weighted by Crippen LogP contribution is 2.13. The number of nitrogens with one attached hydrogen (secondary N) is 1. The Labute approximate surface area is 119 Å². The number of ether oxygens (including phenoxy) is 1. The van der Waals surface area contributed by atoms with Gasteiger partial charge in [0, 0.05) is 44.3 Å². The van der Waals surface area contributed by atoms with Crippen LogP contribution in [0.4, 0.5) is 4.79 Å². The number of hydrogen-bond donors (Lipinski definition) is 1. The van der Waals surface area contributed by atoms with Gasteiger partial charge in [-0.2, -0.15) is 0 Å². The number of aromatic nitrogens is 2. The van der Waals surface area contributed by atoms with Crippen LogP contribution < -0.4 is 5.32 Å². The van der Waals surface area contributed by atoms with Crippen molar-refractivity contribution in [2.75, 3.05) is 13.1 Å². The lowest BCUT2D eigenvalue weighted by Crippen LogP contribution is -2.40. The summed E-state index contributed by atoms with van der Waals surface area (Å²) in [5.74, 6) is 0. The Hall–Kier alpha value is -1.69. The fourth-order valence-electron chi connectivity index (χ4n) is 2.21. The van der Waals surface area contributed by atoms with E-state index < -0.39 is 5.60 Å². The van der Waals surface area contributed by atoms with E-state index >= 15 is 0 Å². The summed E-state index contributed by atoms with van der Waals surface area (Å²) in [6.07, 6.45) is 5.72. The first-order valence-corrected chi connectivity index (χ1v) is 6.89. The lowest BCUT2D eigenvalue weighted by atomic mass is 10.2. The van der Waals surface area contributed by atoms with Gasteiger partial charge in [0.15, 0.2) is 0 Å². The number of nitrogens with zero attached hydrogens (tertiary/aromatic N) is 3. The Morgan fingerprint density at radius 1 is 1.50 bits per heavy atom. The second kappa shape index (κ2) is 6.17. The molecule has 0 radical (unpaired) electrons. The van der Waals surface area contributed by atoms with Gasteiger partial charge in [-0.15, -0.1) is 0 Å². The fourth-order valence-corrected chi connectivity index (χ4v) is 2.21. The van der Waals surface area contributed by atoms with Crippen molar-refractivity contribution in [1.82, 2.24) is 20.2 Å². The molecule has 0 aliphatic carbocycles. The molecule has 0 spiro atoms. The molecule has 20 heavy (non-hydrogen) atoms. The molecule has 1 aromatic rings. The van der Waals surface area contributed by atoms with Crippen LogP contribution >= 0.6 is 0 Å². The molecule has 6 nitrogen and oxygen atoms in total. The third-order valence-corrected chi connectivity index (χ3v) is 3.00. The predicted octanol–water partition coefficient (Wildman–Crippen LogP) is 1.58. The molecule has 0 saturated carbocycles. The number of likely N-dealkylation sites (tertiary alicyclic amines) is 1. The molecule has 1 fully saturated rings. The molecular formula is C14H22N4O2. The summed E-state index contributed by atoms with van der Waals surface area (Å²) in [5, 5.41) is 2.91. The summed E-state index contributed by atoms with van der Waals surface area (Å²) in [4.78, 5) is 22.3. The van der Waals surface area contributed by atoms with Gasteiger partial charge in [-0.05, 0) is 27.2 Å². The average Bonchev–Trinajstić information content (AvgIpc) is 2.75. The average molecular weight is 278 g/mol. The molecule has 2 heterocycles. The SMILES string of the molecule is CC(C)(C)OC(=O)N[C@H]1CCN(Cc2cnccn2)C1. The molecule has 1 atom stereocenters. The molecule has 1 aliphatic heterocycles. The number of amides is 1. The van der Waals surface area contributed by atoms with E-state index in [2.05, 4.69) is 20.2 Å². The normalized spacial score (nSPS) is 19.9. The highest BCUT2D eigenvalue weighted by atomic mass is 16.6. The summed E-state index contributed by atoms with van der Waals surface area (Å²) in [6, 6.07) is 0.140. The van der Waals surface area contributed by atoms with Crippen LogP contribution in [0.2, 0.25) is 0 Å². The summed E-state index contributed by atoms with van der Waals surface area (Å²) < 4.78 is 5.26. The molecule has 1 N–H and O–H groups in total. The van der Waals surface area contributed by atoms with Crippen molar-refractivity contribution in [2.24, 2.45) is 0 Å². The summed E-state index contributed by atoms with van der Waals surface area (Å²) >= 11 is 0. The Morgan fingerprint density at radius 3 is 2.95 bits per heavy atom. The predicted molar refractivity (Wildman–Crippen MR) is 75.1 cm³/mol. The van der Waals surface area contributed by atoms with E-state index in [-0.39, 0.29) is 12.1 Å². The van der Waals surface area contributed by atoms with E-state index in [0.29, 0.717) is 0 Å². The van der Waals surface area contributed by atoms with E-state index in [1.54, 1.807) is 18.6 Å². The summed E-state index contributed by atoms with van der Waals surface area (Å²) in [7, 11) is 0. The van der Waals surface area contributed by atoms with Gasteiger partial charge in [-0.25, -0.2) is 4.79 Å². The van der Waals surface area contributed by atoms with Gasteiger partial charge < -0.3 is 10.1 Å². The monoisotopic (exact) mass is 278 g/mol. The highest BCUT2D eigenvalue weighted by molar-refractivity contribution is 5.68. The molecular weight excluding hydrogens is 256 g/mol. The second-order valence-electron chi connectivity index (χ2n) is 6.06. The van der Waals surface area contributed by atoms with Crippen molar-refractivity contribution in [3.63, 3.8) is 0 Å². The van der Waals surface area contributed by atoms with E-state index in [1.165, 1.54) is 0 Å². The van der Waals surface area contributed by atoms with Crippen LogP contribution in [0.1, 0.15) is 32.9 Å². The highest BCUT2D eigenvalue weighted by Gasteiger charge is 2.26. The molecule has 1 aliphatic rings. The van der Waals surface area contributed by atoms with Crippen molar-refractivity contribution < 1.29 is 9.53 Å². The first-order valence-electron chi connectivity index (χ1n) is 6.89. The van der Waals surface area contributed by atoms with E-state index in [4.69, 9.17) is 4.74 Å². The van der Waals surface area contributed by atoms with Crippen LogP contribution in [0, 0.1) is 0 Å². The maximum atomic E-state index is 11.7. The number of carbonyl (C=O) groups excluding carboxylic acids is 1. The molecule has 110 valence electrons. The van der Waals surface area contributed by atoms with Gasteiger partial charge >= 0.3 is 6.09 Å². The first-order chi connectivity index (χ1) is 9.42. The van der Waals surface area contributed by atoms with Crippen molar-refractivity contribution in [1.29, 1.82) is 0 Å². The topological polar surface area (TPSA) is 67.3 Å². The minimum Gasteiger partial charge on any atom is -0.444 e. The number of alkyl carbamates (subject to hydrolysis) is 1. The molecule has 1 aromatic heterocycles. The molecule has 1 amide bonds. The largest absolute Gasteiger partial charge is 0.444 e. The number of carbonyl (C=O) groups is 1. The van der Waals surface area contributed by atoms with Crippen LogP contribution in [0.25, 0.3) is 0 Å². The lowest BCUT2D eigenvalue weighted by molar-refractivity contribution is 0.0505. The molecule has 0 unspecified atom stereocenters. The van der Waals surface area contributed by atoms with Gasteiger partial charge in [-0.3, -0.25) is 14.9 Å². The van der Waals surface area contributed by atoms with Crippen LogP contribution in [0.3, 0.4) is 0 Å². The van der Waals surface area contributed by atoms with Crippen LogP contribution in [0.15, 0.2) is 18.6 Å². The van der Waals surface area contributed by atoms with E-state index in [1.807, 2.05) is 20.8 Å². The Morgan fingerprint density at radius 2 is 2.30 bits per heavy atom. The summed E-state index contributed by atoms with van der Waals surface area (Å²) in [5.41, 5.74) is 0.493. The number of rotatable bonds is 3. The standard InChI is InChI=1S/C14H22N4O2/c1-14(2,3)20-13(19)17-11-4-7-18(9-11)10-12-8-15-5-6-16-12/h5-6,8,11H,4,7,9-10H2,1-3H3,(H,17,19)/t11-/m0/s1. The minimum atomic E-state index is -0.456.